The van der Waals surface area contributed by atoms with Crippen molar-refractivity contribution in [1.29, 1.82) is 0 Å². The zero-order valence-electron chi connectivity index (χ0n) is 42.0. The summed E-state index contributed by atoms with van der Waals surface area (Å²) in [5, 5.41) is 0. The molecule has 378 valence electrons. The molecule has 10 heteroatoms. The number of esters is 2. The van der Waals surface area contributed by atoms with Gasteiger partial charge in [-0.15, -0.1) is 0 Å². The fraction of sp³-hybridized carbons (Fsp3) is 0.889. The minimum atomic E-state index is -4.38. The van der Waals surface area contributed by atoms with Crippen molar-refractivity contribution >= 4 is 19.8 Å². The van der Waals surface area contributed by atoms with Crippen LogP contribution < -0.4 is 5.73 Å². The molecule has 9 nitrogen and oxygen atoms in total. The maximum atomic E-state index is 12.6. The first-order valence-electron chi connectivity index (χ1n) is 27.3. The van der Waals surface area contributed by atoms with Crippen LogP contribution in [-0.2, 0) is 32.7 Å². The molecule has 2 unspecified atom stereocenters. The molecule has 0 aromatic rings. The maximum absolute atomic E-state index is 12.6. The van der Waals surface area contributed by atoms with E-state index in [2.05, 4.69) is 38.2 Å². The van der Waals surface area contributed by atoms with E-state index in [1.165, 1.54) is 193 Å². The van der Waals surface area contributed by atoms with E-state index < -0.39 is 26.5 Å². The predicted octanol–water partition coefficient (Wildman–Crippen LogP) is 16.7. The van der Waals surface area contributed by atoms with Gasteiger partial charge in [-0.25, -0.2) is 4.57 Å². The highest BCUT2D eigenvalue weighted by molar-refractivity contribution is 7.47. The first-order valence-corrected chi connectivity index (χ1v) is 28.8. The summed E-state index contributed by atoms with van der Waals surface area (Å²) in [5.41, 5.74) is 5.37. The number of rotatable bonds is 52. The minimum Gasteiger partial charge on any atom is -0.462 e. The van der Waals surface area contributed by atoms with Crippen molar-refractivity contribution in [3.8, 4) is 0 Å². The lowest BCUT2D eigenvalue weighted by Crippen LogP contribution is -2.29. The predicted molar refractivity (Wildman–Crippen MR) is 271 cm³/mol. The van der Waals surface area contributed by atoms with Crippen LogP contribution in [0.1, 0.15) is 277 Å². The van der Waals surface area contributed by atoms with Crippen LogP contribution in [0.4, 0.5) is 0 Å². The molecule has 0 fully saturated rings. The fourth-order valence-electron chi connectivity index (χ4n) is 8.02. The number of unbranched alkanes of at least 4 members (excludes halogenated alkanes) is 35. The van der Waals surface area contributed by atoms with Gasteiger partial charge in [-0.2, -0.15) is 0 Å². The molecular weight excluding hydrogens is 822 g/mol. The Balaban J connectivity index is 3.93. The monoisotopic (exact) mass is 926 g/mol. The third-order valence-electron chi connectivity index (χ3n) is 12.1. The average molecular weight is 926 g/mol. The van der Waals surface area contributed by atoms with Gasteiger partial charge in [-0.1, -0.05) is 244 Å². The lowest BCUT2D eigenvalue weighted by Gasteiger charge is -2.19. The van der Waals surface area contributed by atoms with E-state index in [9.17, 15) is 19.0 Å². The lowest BCUT2D eigenvalue weighted by molar-refractivity contribution is -0.161. The average Bonchev–Trinajstić information content (AvgIpc) is 3.28. The Hall–Kier alpha value is -1.51. The third kappa shape index (κ3) is 49.9. The Labute approximate surface area is 395 Å². The Morgan fingerprint density at radius 2 is 0.812 bits per heavy atom. The molecule has 0 aliphatic rings. The molecule has 0 aliphatic carbocycles. The SMILES string of the molecule is CCCCC/C=C\C/C=C\CCCCCCCCCC(=O)OC(COC(=O)CCCCCCCCCCCCCCCCCCCCCCCCCCCC)COP(=O)(O)OCCN. The molecule has 0 aliphatic heterocycles. The molecular formula is C54H104NO8P. The molecule has 3 N–H and O–H groups in total. The Kier molecular flexibility index (Phi) is 49.7. The van der Waals surface area contributed by atoms with Gasteiger partial charge in [-0.05, 0) is 44.9 Å². The fourth-order valence-corrected chi connectivity index (χ4v) is 8.79. The van der Waals surface area contributed by atoms with Gasteiger partial charge in [0.2, 0.25) is 0 Å². The molecule has 0 heterocycles. The second-order valence-corrected chi connectivity index (χ2v) is 19.9. The summed E-state index contributed by atoms with van der Waals surface area (Å²) in [5.74, 6) is -0.823. The van der Waals surface area contributed by atoms with E-state index in [1.807, 2.05) is 0 Å². The van der Waals surface area contributed by atoms with Crippen LogP contribution in [0.5, 0.6) is 0 Å². The molecule has 2 atom stereocenters. The van der Waals surface area contributed by atoms with Crippen LogP contribution in [0.15, 0.2) is 24.3 Å². The molecule has 0 bridgehead atoms. The van der Waals surface area contributed by atoms with Gasteiger partial charge >= 0.3 is 19.8 Å². The molecule has 0 aromatic carbocycles. The maximum Gasteiger partial charge on any atom is 0.472 e. The molecule has 64 heavy (non-hydrogen) atoms. The number of hydrogen-bond donors (Lipinski definition) is 2. The van der Waals surface area contributed by atoms with Gasteiger partial charge in [-0.3, -0.25) is 18.6 Å². The molecule has 0 spiro atoms. The van der Waals surface area contributed by atoms with Crippen molar-refractivity contribution in [2.24, 2.45) is 5.73 Å². The van der Waals surface area contributed by atoms with Crippen LogP contribution in [0.25, 0.3) is 0 Å². The zero-order valence-corrected chi connectivity index (χ0v) is 42.9. The quantitative estimate of drug-likeness (QED) is 0.0265. The summed E-state index contributed by atoms with van der Waals surface area (Å²) in [6, 6.07) is 0. The number of allylic oxidation sites excluding steroid dienone is 4. The van der Waals surface area contributed by atoms with E-state index in [0.29, 0.717) is 6.42 Å². The van der Waals surface area contributed by atoms with Crippen LogP contribution in [0.2, 0.25) is 0 Å². The van der Waals surface area contributed by atoms with E-state index >= 15 is 0 Å². The van der Waals surface area contributed by atoms with E-state index in [4.69, 9.17) is 24.3 Å². The van der Waals surface area contributed by atoms with Gasteiger partial charge in [0.15, 0.2) is 6.10 Å². The number of carbonyl (C=O) groups excluding carboxylic acids is 2. The molecule has 0 saturated carbocycles. The van der Waals surface area contributed by atoms with Gasteiger partial charge < -0.3 is 20.1 Å². The Morgan fingerprint density at radius 3 is 1.22 bits per heavy atom. The first-order chi connectivity index (χ1) is 31.3. The van der Waals surface area contributed by atoms with Crippen molar-refractivity contribution in [3.05, 3.63) is 24.3 Å². The van der Waals surface area contributed by atoms with Crippen molar-refractivity contribution in [2.75, 3.05) is 26.4 Å². The zero-order chi connectivity index (χ0) is 46.7. The Bertz CT molecular complexity index is 1100. The molecule has 0 rings (SSSR count). The number of nitrogens with two attached hydrogens (primary N) is 1. The third-order valence-corrected chi connectivity index (χ3v) is 13.1. The molecule has 0 aromatic heterocycles. The summed E-state index contributed by atoms with van der Waals surface area (Å²) >= 11 is 0. The minimum absolute atomic E-state index is 0.0539. The highest BCUT2D eigenvalue weighted by Crippen LogP contribution is 2.43. The highest BCUT2D eigenvalue weighted by atomic mass is 31.2. The van der Waals surface area contributed by atoms with Crippen LogP contribution in [0.3, 0.4) is 0 Å². The van der Waals surface area contributed by atoms with Crippen molar-refractivity contribution in [1.82, 2.24) is 0 Å². The van der Waals surface area contributed by atoms with Crippen molar-refractivity contribution < 1.29 is 37.6 Å². The largest absolute Gasteiger partial charge is 0.472 e. The van der Waals surface area contributed by atoms with Gasteiger partial charge in [0, 0.05) is 19.4 Å². The Morgan fingerprint density at radius 1 is 0.469 bits per heavy atom. The highest BCUT2D eigenvalue weighted by Gasteiger charge is 2.26. The van der Waals surface area contributed by atoms with Crippen LogP contribution in [0, 0.1) is 0 Å². The molecule has 0 amide bonds. The topological polar surface area (TPSA) is 134 Å². The summed E-state index contributed by atoms with van der Waals surface area (Å²) in [6.07, 6.45) is 58.0. The van der Waals surface area contributed by atoms with E-state index in [0.717, 1.165) is 51.4 Å². The van der Waals surface area contributed by atoms with Gasteiger partial charge in [0.25, 0.3) is 0 Å². The molecule has 0 radical (unpaired) electrons. The van der Waals surface area contributed by atoms with Crippen LogP contribution in [-0.4, -0.2) is 49.3 Å². The number of phosphoric acid groups is 1. The summed E-state index contributed by atoms with van der Waals surface area (Å²) in [6.45, 7) is 3.75. The van der Waals surface area contributed by atoms with Gasteiger partial charge in [0.05, 0.1) is 13.2 Å². The van der Waals surface area contributed by atoms with E-state index in [-0.39, 0.29) is 38.6 Å². The smallest absolute Gasteiger partial charge is 0.462 e. The van der Waals surface area contributed by atoms with Crippen molar-refractivity contribution in [3.63, 3.8) is 0 Å². The van der Waals surface area contributed by atoms with Gasteiger partial charge in [0.1, 0.15) is 6.61 Å². The van der Waals surface area contributed by atoms with Crippen molar-refractivity contribution in [2.45, 2.75) is 283 Å². The normalized spacial score (nSPS) is 13.2. The second kappa shape index (κ2) is 50.9. The summed E-state index contributed by atoms with van der Waals surface area (Å²) in [7, 11) is -4.38. The molecule has 0 saturated heterocycles. The standard InChI is InChI=1S/C54H104NO8P/c1-3-5-7-9-11-13-15-17-19-21-22-23-24-25-26-27-28-29-31-32-34-36-38-40-42-44-46-53(56)60-50-52(51-62-64(58,59)61-49-48-55)63-54(57)47-45-43-41-39-37-35-33-30-20-18-16-14-12-10-8-6-4-2/h12,14,18,20,52H,3-11,13,15-17,19,21-51,55H2,1-2H3,(H,58,59)/b14-12-,20-18-. The second-order valence-electron chi connectivity index (χ2n) is 18.5. The summed E-state index contributed by atoms with van der Waals surface area (Å²) in [4.78, 5) is 35.1. The summed E-state index contributed by atoms with van der Waals surface area (Å²) < 4.78 is 33.0. The first kappa shape index (κ1) is 62.5. The van der Waals surface area contributed by atoms with Crippen LogP contribution >= 0.6 is 7.82 Å². The van der Waals surface area contributed by atoms with E-state index in [1.54, 1.807) is 0 Å². The lowest BCUT2D eigenvalue weighted by atomic mass is 10.0. The number of hydrogen-bond acceptors (Lipinski definition) is 8. The number of ether oxygens (including phenoxy) is 2. The number of phosphoric ester groups is 1. The number of carbonyl (C=O) groups is 2.